The highest BCUT2D eigenvalue weighted by Crippen LogP contribution is 2.22. The van der Waals surface area contributed by atoms with E-state index in [-0.39, 0.29) is 17.7 Å². The first-order valence-corrected chi connectivity index (χ1v) is 7.18. The van der Waals surface area contributed by atoms with Gasteiger partial charge in [-0.2, -0.15) is 5.10 Å². The Hall–Kier alpha value is -3.82. The molecule has 0 radical (unpaired) electrons. The average Bonchev–Trinajstić information content (AvgIpc) is 2.61. The minimum absolute atomic E-state index is 0.188. The quantitative estimate of drug-likeness (QED) is 0.444. The standard InChI is InChI=1S/C16H13FN4O5/c17-12-4-2-11(3-5-12)16(24)18-9-15(23)20-19-8-10-1-6-14(22)13(7-10)21(25)26/h1-8,22H,9H2,(H,18,24)(H,20,23)/p-1/b19-8-. The number of benzene rings is 2. The molecule has 0 fully saturated rings. The van der Waals surface area contributed by atoms with E-state index in [9.17, 15) is 29.2 Å². The number of hydrazone groups is 1. The maximum absolute atomic E-state index is 12.8. The molecule has 2 aromatic carbocycles. The Balaban J connectivity index is 1.85. The zero-order valence-electron chi connectivity index (χ0n) is 13.1. The van der Waals surface area contributed by atoms with Gasteiger partial charge in [-0.3, -0.25) is 19.7 Å². The van der Waals surface area contributed by atoms with Gasteiger partial charge >= 0.3 is 0 Å². The van der Waals surface area contributed by atoms with Crippen molar-refractivity contribution in [2.45, 2.75) is 0 Å². The van der Waals surface area contributed by atoms with Crippen LogP contribution < -0.4 is 15.8 Å². The zero-order chi connectivity index (χ0) is 19.1. The fourth-order valence-electron chi connectivity index (χ4n) is 1.84. The minimum Gasteiger partial charge on any atom is -0.868 e. The van der Waals surface area contributed by atoms with Gasteiger partial charge in [0.1, 0.15) is 5.82 Å². The maximum atomic E-state index is 12.8. The third kappa shape index (κ3) is 5.09. The number of nitro benzene ring substituents is 1. The van der Waals surface area contributed by atoms with Gasteiger partial charge in [0.25, 0.3) is 17.5 Å². The van der Waals surface area contributed by atoms with Crippen LogP contribution in [0.1, 0.15) is 15.9 Å². The van der Waals surface area contributed by atoms with E-state index in [1.54, 1.807) is 0 Å². The van der Waals surface area contributed by atoms with Gasteiger partial charge in [0.05, 0.1) is 17.7 Å². The van der Waals surface area contributed by atoms with Crippen LogP contribution in [-0.2, 0) is 4.79 Å². The van der Waals surface area contributed by atoms with Crippen LogP contribution in [0.2, 0.25) is 0 Å². The summed E-state index contributed by atoms with van der Waals surface area (Å²) in [5.41, 5.74) is 1.94. The third-order valence-corrected chi connectivity index (χ3v) is 3.10. The summed E-state index contributed by atoms with van der Waals surface area (Å²) in [6.45, 7) is -0.382. The fraction of sp³-hybridized carbons (Fsp3) is 0.0625. The van der Waals surface area contributed by atoms with Gasteiger partial charge in [-0.1, -0.05) is 12.1 Å². The minimum atomic E-state index is -0.816. The second-order valence-electron chi connectivity index (χ2n) is 4.97. The summed E-state index contributed by atoms with van der Waals surface area (Å²) in [5, 5.41) is 27.8. The summed E-state index contributed by atoms with van der Waals surface area (Å²) in [7, 11) is 0. The molecule has 0 aromatic heterocycles. The molecular weight excluding hydrogens is 347 g/mol. The molecule has 9 nitrogen and oxygen atoms in total. The molecule has 2 amide bonds. The smallest absolute Gasteiger partial charge is 0.262 e. The van der Waals surface area contributed by atoms with Gasteiger partial charge in [0.15, 0.2) is 0 Å². The molecule has 0 heterocycles. The lowest BCUT2D eigenvalue weighted by Gasteiger charge is -2.06. The molecule has 0 spiro atoms. The molecule has 0 aliphatic rings. The molecular formula is C16H12FN4O5-. The van der Waals surface area contributed by atoms with Crippen molar-refractivity contribution in [3.8, 4) is 5.75 Å². The molecule has 0 aliphatic carbocycles. The second-order valence-corrected chi connectivity index (χ2v) is 4.97. The largest absolute Gasteiger partial charge is 0.868 e. The fourth-order valence-corrected chi connectivity index (χ4v) is 1.84. The first-order valence-electron chi connectivity index (χ1n) is 7.18. The number of carbonyl (C=O) groups excluding carboxylic acids is 2. The Morgan fingerprint density at radius 2 is 1.88 bits per heavy atom. The van der Waals surface area contributed by atoms with Crippen molar-refractivity contribution in [1.82, 2.24) is 10.7 Å². The molecule has 2 N–H and O–H groups in total. The zero-order valence-corrected chi connectivity index (χ0v) is 13.1. The van der Waals surface area contributed by atoms with Gasteiger partial charge in [-0.15, -0.1) is 0 Å². The Kier molecular flexibility index (Phi) is 5.93. The number of amides is 2. The molecule has 26 heavy (non-hydrogen) atoms. The number of halogens is 1. The lowest BCUT2D eigenvalue weighted by atomic mass is 10.2. The van der Waals surface area contributed by atoms with E-state index in [0.29, 0.717) is 0 Å². The summed E-state index contributed by atoms with van der Waals surface area (Å²) in [6.07, 6.45) is 1.12. The van der Waals surface area contributed by atoms with Crippen molar-refractivity contribution in [3.05, 3.63) is 69.5 Å². The van der Waals surface area contributed by atoms with Crippen LogP contribution in [-0.4, -0.2) is 29.5 Å². The highest BCUT2D eigenvalue weighted by Gasteiger charge is 2.08. The highest BCUT2D eigenvalue weighted by atomic mass is 19.1. The van der Waals surface area contributed by atoms with E-state index in [4.69, 9.17) is 0 Å². The molecule has 134 valence electrons. The maximum Gasteiger partial charge on any atom is 0.262 e. The number of hydrogen-bond donors (Lipinski definition) is 2. The molecule has 0 saturated heterocycles. The average molecular weight is 359 g/mol. The van der Waals surface area contributed by atoms with Crippen LogP contribution in [0.15, 0.2) is 47.6 Å². The first kappa shape index (κ1) is 18.5. The van der Waals surface area contributed by atoms with Gasteiger partial charge in [-0.25, -0.2) is 9.82 Å². The molecule has 2 rings (SSSR count). The second kappa shape index (κ2) is 8.33. The highest BCUT2D eigenvalue weighted by molar-refractivity contribution is 5.96. The predicted octanol–water partition coefficient (Wildman–Crippen LogP) is 0.688. The van der Waals surface area contributed by atoms with E-state index in [2.05, 4.69) is 15.8 Å². The summed E-state index contributed by atoms with van der Waals surface area (Å²) < 4.78 is 12.8. The van der Waals surface area contributed by atoms with Crippen molar-refractivity contribution in [2.75, 3.05) is 6.54 Å². The van der Waals surface area contributed by atoms with Crippen molar-refractivity contribution in [1.29, 1.82) is 0 Å². The number of nitrogens with zero attached hydrogens (tertiary/aromatic N) is 2. The summed E-state index contributed by atoms with van der Waals surface area (Å²) >= 11 is 0. The monoisotopic (exact) mass is 359 g/mol. The Labute approximate surface area is 146 Å². The molecule has 10 heteroatoms. The van der Waals surface area contributed by atoms with Crippen LogP contribution in [0, 0.1) is 15.9 Å². The van der Waals surface area contributed by atoms with Gasteiger partial charge in [0.2, 0.25) is 0 Å². The van der Waals surface area contributed by atoms with Crippen LogP contribution in [0.25, 0.3) is 0 Å². The Morgan fingerprint density at radius 1 is 1.19 bits per heavy atom. The molecule has 2 aromatic rings. The third-order valence-electron chi connectivity index (χ3n) is 3.10. The van der Waals surface area contributed by atoms with Crippen molar-refractivity contribution in [3.63, 3.8) is 0 Å². The normalized spacial score (nSPS) is 10.5. The molecule has 0 aliphatic heterocycles. The molecule has 0 atom stereocenters. The summed E-state index contributed by atoms with van der Waals surface area (Å²) in [6, 6.07) is 8.12. The van der Waals surface area contributed by atoms with E-state index < -0.39 is 34.0 Å². The van der Waals surface area contributed by atoms with Crippen LogP contribution in [0.4, 0.5) is 10.1 Å². The van der Waals surface area contributed by atoms with Gasteiger partial charge in [0, 0.05) is 17.2 Å². The van der Waals surface area contributed by atoms with E-state index in [1.807, 2.05) is 0 Å². The van der Waals surface area contributed by atoms with Crippen LogP contribution in [0.3, 0.4) is 0 Å². The summed E-state index contributed by atoms with van der Waals surface area (Å²) in [5.74, 6) is -2.43. The molecule has 0 unspecified atom stereocenters. The van der Waals surface area contributed by atoms with Crippen molar-refractivity contribution in [2.24, 2.45) is 5.10 Å². The van der Waals surface area contributed by atoms with Gasteiger partial charge in [-0.05, 0) is 30.0 Å². The lowest BCUT2D eigenvalue weighted by molar-refractivity contribution is -0.398. The molecule has 0 saturated carbocycles. The number of nitro groups is 1. The van der Waals surface area contributed by atoms with E-state index in [1.165, 1.54) is 18.2 Å². The SMILES string of the molecule is O=C(CNC(=O)c1ccc(F)cc1)N/N=C\c1ccc([O-])c([N+](=O)[O-])c1. The van der Waals surface area contributed by atoms with Crippen molar-refractivity contribution >= 4 is 23.7 Å². The van der Waals surface area contributed by atoms with Gasteiger partial charge < -0.3 is 10.4 Å². The lowest BCUT2D eigenvalue weighted by Crippen LogP contribution is -2.34. The molecule has 0 bridgehead atoms. The van der Waals surface area contributed by atoms with E-state index >= 15 is 0 Å². The Bertz CT molecular complexity index is 867. The van der Waals surface area contributed by atoms with E-state index in [0.717, 1.165) is 30.5 Å². The van der Waals surface area contributed by atoms with Crippen LogP contribution in [0.5, 0.6) is 5.75 Å². The Morgan fingerprint density at radius 3 is 2.54 bits per heavy atom. The predicted molar refractivity (Wildman–Crippen MR) is 87.0 cm³/mol. The van der Waals surface area contributed by atoms with Crippen molar-refractivity contribution < 1.29 is 24.0 Å². The number of nitrogens with one attached hydrogen (secondary N) is 2. The number of carbonyl (C=O) groups is 2. The number of rotatable bonds is 6. The number of hydrogen-bond acceptors (Lipinski definition) is 6. The first-order chi connectivity index (χ1) is 12.4. The summed E-state index contributed by atoms with van der Waals surface area (Å²) in [4.78, 5) is 33.2. The topological polar surface area (TPSA) is 137 Å². The van der Waals surface area contributed by atoms with Crippen LogP contribution >= 0.6 is 0 Å².